The largest absolute Gasteiger partial charge is 0.494 e. The SMILES string of the molecule is CCOc1ccc(C(C)(CC(F)(F)C(F)(F)C(F)(F)C(F)(F)C(F)(F)C(F)(F)C(F)(F)F)OC)cc1. The summed E-state index contributed by atoms with van der Waals surface area (Å²) in [4.78, 5) is 0. The summed E-state index contributed by atoms with van der Waals surface area (Å²) < 4.78 is 211. The van der Waals surface area contributed by atoms with Crippen molar-refractivity contribution in [3.63, 3.8) is 0 Å². The van der Waals surface area contributed by atoms with Crippen molar-refractivity contribution in [2.45, 2.75) is 67.6 Å². The Morgan fingerprint density at radius 1 is 0.611 bits per heavy atom. The summed E-state index contributed by atoms with van der Waals surface area (Å²) in [6, 6.07) is 3.98. The monoisotopic (exact) mass is 562 g/mol. The molecule has 0 N–H and O–H groups in total. The van der Waals surface area contributed by atoms with E-state index in [0.29, 0.717) is 14.0 Å². The van der Waals surface area contributed by atoms with Crippen LogP contribution in [0.4, 0.5) is 65.9 Å². The first-order valence-electron chi connectivity index (χ1n) is 9.43. The van der Waals surface area contributed by atoms with Crippen molar-refractivity contribution in [2.24, 2.45) is 0 Å². The van der Waals surface area contributed by atoms with Gasteiger partial charge in [-0.25, -0.2) is 0 Å². The second kappa shape index (κ2) is 9.35. The number of methoxy groups -OCH3 is 1. The number of ether oxygens (including phenoxy) is 2. The van der Waals surface area contributed by atoms with E-state index in [0.717, 1.165) is 24.3 Å². The lowest BCUT2D eigenvalue weighted by atomic mass is 9.83. The zero-order chi connectivity index (χ0) is 28.8. The number of hydrogen-bond donors (Lipinski definition) is 0. The van der Waals surface area contributed by atoms with Gasteiger partial charge in [-0.1, -0.05) is 12.1 Å². The van der Waals surface area contributed by atoms with Crippen LogP contribution in [0.2, 0.25) is 0 Å². The van der Waals surface area contributed by atoms with E-state index in [9.17, 15) is 65.9 Å². The maximum atomic E-state index is 14.4. The average molecular weight is 562 g/mol. The molecule has 0 heterocycles. The molecule has 0 spiro atoms. The van der Waals surface area contributed by atoms with Crippen LogP contribution in [0, 0.1) is 0 Å². The standard InChI is InChI=1S/C19H17F15O2/c1-4-36-11-7-5-10(6-8-11)12(2,35-3)9-13(20,21)14(22,23)15(24,25)16(26,27)17(28,29)18(30,31)19(32,33)34/h5-8H,4,9H2,1-3H3. The van der Waals surface area contributed by atoms with E-state index in [2.05, 4.69) is 4.74 Å². The smallest absolute Gasteiger partial charge is 0.460 e. The number of hydrogen-bond acceptors (Lipinski definition) is 2. The first-order chi connectivity index (χ1) is 15.8. The molecule has 0 fully saturated rings. The molecule has 0 aliphatic heterocycles. The molecule has 0 radical (unpaired) electrons. The van der Waals surface area contributed by atoms with Crippen molar-refractivity contribution in [2.75, 3.05) is 13.7 Å². The predicted octanol–water partition coefficient (Wildman–Crippen LogP) is 7.71. The molecule has 2 nitrogen and oxygen atoms in total. The lowest BCUT2D eigenvalue weighted by Gasteiger charge is -2.43. The van der Waals surface area contributed by atoms with Crippen LogP contribution in [0.25, 0.3) is 0 Å². The van der Waals surface area contributed by atoms with Crippen molar-refractivity contribution in [1.82, 2.24) is 0 Å². The third kappa shape index (κ3) is 4.78. The molecule has 1 unspecified atom stereocenters. The highest BCUT2D eigenvalue weighted by molar-refractivity contribution is 5.31. The third-order valence-corrected chi connectivity index (χ3v) is 5.18. The fraction of sp³-hybridized carbons (Fsp3) is 0.684. The van der Waals surface area contributed by atoms with Gasteiger partial charge in [-0.3, -0.25) is 0 Å². The van der Waals surface area contributed by atoms with Crippen LogP contribution in [-0.2, 0) is 10.3 Å². The topological polar surface area (TPSA) is 18.5 Å². The van der Waals surface area contributed by atoms with Crippen LogP contribution in [0.5, 0.6) is 5.75 Å². The summed E-state index contributed by atoms with van der Waals surface area (Å²) in [6.45, 7) is 2.24. The summed E-state index contributed by atoms with van der Waals surface area (Å²) in [5.41, 5.74) is -3.19. The lowest BCUT2D eigenvalue weighted by molar-refractivity contribution is -0.453. The fourth-order valence-corrected chi connectivity index (χ4v) is 2.90. The van der Waals surface area contributed by atoms with Crippen molar-refractivity contribution >= 4 is 0 Å². The van der Waals surface area contributed by atoms with E-state index in [-0.39, 0.29) is 12.4 Å². The molecule has 1 aromatic rings. The Hall–Kier alpha value is -2.07. The van der Waals surface area contributed by atoms with Crippen LogP contribution in [-0.4, -0.2) is 55.4 Å². The Balaban J connectivity index is 3.54. The zero-order valence-electron chi connectivity index (χ0n) is 18.2. The Morgan fingerprint density at radius 3 is 1.36 bits per heavy atom. The summed E-state index contributed by atoms with van der Waals surface area (Å²) in [6.07, 6.45) is -10.3. The van der Waals surface area contributed by atoms with Crippen LogP contribution in [0.3, 0.4) is 0 Å². The van der Waals surface area contributed by atoms with E-state index < -0.39 is 59.3 Å². The van der Waals surface area contributed by atoms with E-state index in [1.807, 2.05) is 0 Å². The van der Waals surface area contributed by atoms with Crippen LogP contribution < -0.4 is 4.74 Å². The molecule has 210 valence electrons. The van der Waals surface area contributed by atoms with Gasteiger partial charge in [-0.15, -0.1) is 0 Å². The molecule has 0 saturated carbocycles. The summed E-state index contributed by atoms with van der Waals surface area (Å²) in [7, 11) is 0.593. The minimum atomic E-state index is -8.32. The van der Waals surface area contributed by atoms with Crippen LogP contribution in [0.1, 0.15) is 25.8 Å². The average Bonchev–Trinajstić information content (AvgIpc) is 2.72. The number of benzene rings is 1. The number of rotatable bonds is 11. The molecular formula is C19H17F15O2. The van der Waals surface area contributed by atoms with E-state index in [1.54, 1.807) is 6.92 Å². The van der Waals surface area contributed by atoms with Gasteiger partial charge in [0.2, 0.25) is 0 Å². The minimum absolute atomic E-state index is 0.107. The van der Waals surface area contributed by atoms with Gasteiger partial charge in [0.15, 0.2) is 0 Å². The highest BCUT2D eigenvalue weighted by Gasteiger charge is 2.93. The van der Waals surface area contributed by atoms with E-state index in [4.69, 9.17) is 4.74 Å². The highest BCUT2D eigenvalue weighted by Crippen LogP contribution is 2.63. The molecule has 0 aromatic heterocycles. The third-order valence-electron chi connectivity index (χ3n) is 5.18. The van der Waals surface area contributed by atoms with Gasteiger partial charge in [-0.05, 0) is 31.5 Å². The normalized spacial score (nSPS) is 16.6. The van der Waals surface area contributed by atoms with Crippen molar-refractivity contribution in [1.29, 1.82) is 0 Å². The highest BCUT2D eigenvalue weighted by atomic mass is 19.4. The van der Waals surface area contributed by atoms with Crippen LogP contribution in [0.15, 0.2) is 24.3 Å². The van der Waals surface area contributed by atoms with Crippen LogP contribution >= 0.6 is 0 Å². The predicted molar refractivity (Wildman–Crippen MR) is 92.3 cm³/mol. The molecule has 1 rings (SSSR count). The summed E-state index contributed by atoms with van der Waals surface area (Å²) >= 11 is 0. The zero-order valence-corrected chi connectivity index (χ0v) is 18.2. The lowest BCUT2D eigenvalue weighted by Crippen LogP contribution is -2.72. The second-order valence-corrected chi connectivity index (χ2v) is 7.64. The Morgan fingerprint density at radius 2 is 1.00 bits per heavy atom. The van der Waals surface area contributed by atoms with Gasteiger partial charge in [0, 0.05) is 7.11 Å². The van der Waals surface area contributed by atoms with Gasteiger partial charge in [-0.2, -0.15) is 65.9 Å². The molecule has 0 amide bonds. The molecule has 0 saturated heterocycles. The Bertz CT molecular complexity index is 893. The molecule has 0 bridgehead atoms. The van der Waals surface area contributed by atoms with Crippen molar-refractivity contribution in [3.05, 3.63) is 29.8 Å². The molecule has 0 aliphatic carbocycles. The van der Waals surface area contributed by atoms with Crippen molar-refractivity contribution in [3.8, 4) is 5.75 Å². The van der Waals surface area contributed by atoms with Gasteiger partial charge in [0.05, 0.1) is 18.6 Å². The summed E-state index contributed by atoms with van der Waals surface area (Å²) in [5.74, 6) is -46.7. The fourth-order valence-electron chi connectivity index (χ4n) is 2.90. The quantitative estimate of drug-likeness (QED) is 0.257. The van der Waals surface area contributed by atoms with Gasteiger partial charge in [0.25, 0.3) is 0 Å². The Kier molecular flexibility index (Phi) is 8.30. The summed E-state index contributed by atoms with van der Waals surface area (Å²) in [5, 5.41) is 0. The maximum Gasteiger partial charge on any atom is 0.460 e. The second-order valence-electron chi connectivity index (χ2n) is 7.64. The molecular weight excluding hydrogens is 545 g/mol. The van der Waals surface area contributed by atoms with Gasteiger partial charge in [0.1, 0.15) is 5.75 Å². The molecule has 17 heteroatoms. The van der Waals surface area contributed by atoms with Gasteiger partial charge >= 0.3 is 41.7 Å². The Labute approximate surface area is 193 Å². The van der Waals surface area contributed by atoms with Crippen molar-refractivity contribution < 1.29 is 75.3 Å². The maximum absolute atomic E-state index is 14.4. The number of halogens is 15. The molecule has 0 aliphatic rings. The minimum Gasteiger partial charge on any atom is -0.494 e. The molecule has 1 atom stereocenters. The first kappa shape index (κ1) is 32.0. The van der Waals surface area contributed by atoms with E-state index in [1.165, 1.54) is 0 Å². The molecule has 36 heavy (non-hydrogen) atoms. The first-order valence-corrected chi connectivity index (χ1v) is 9.43. The number of alkyl halides is 15. The molecule has 1 aromatic carbocycles. The van der Waals surface area contributed by atoms with Gasteiger partial charge < -0.3 is 9.47 Å². The van der Waals surface area contributed by atoms with E-state index >= 15 is 0 Å².